The van der Waals surface area contributed by atoms with Gasteiger partial charge in [-0.2, -0.15) is 0 Å². The van der Waals surface area contributed by atoms with Crippen LogP contribution in [0.3, 0.4) is 0 Å². The molecule has 0 radical (unpaired) electrons. The molecule has 114 valence electrons. The van der Waals surface area contributed by atoms with Gasteiger partial charge in [-0.25, -0.2) is 4.98 Å². The molecule has 0 fully saturated rings. The summed E-state index contributed by atoms with van der Waals surface area (Å²) >= 11 is 1.62. The molecule has 0 saturated heterocycles. The highest BCUT2D eigenvalue weighted by Gasteiger charge is 2.20. The molecule has 0 N–H and O–H groups in total. The average Bonchev–Trinajstić information content (AvgIpc) is 2.86. The van der Waals surface area contributed by atoms with Gasteiger partial charge >= 0.3 is 5.97 Å². The van der Waals surface area contributed by atoms with E-state index < -0.39 is 0 Å². The molecule has 0 spiro atoms. The lowest BCUT2D eigenvalue weighted by atomic mass is 10.1. The molecule has 1 rings (SSSR count). The molecule has 1 aromatic heterocycles. The van der Waals surface area contributed by atoms with Crippen LogP contribution in [-0.2, 0) is 16.0 Å². The van der Waals surface area contributed by atoms with Gasteiger partial charge in [-0.1, -0.05) is 27.7 Å². The molecule has 0 amide bonds. The number of esters is 1. The van der Waals surface area contributed by atoms with Crippen LogP contribution < -0.4 is 4.90 Å². The van der Waals surface area contributed by atoms with E-state index in [2.05, 4.69) is 37.6 Å². The Balaban J connectivity index is 2.87. The predicted octanol–water partition coefficient (Wildman–Crippen LogP) is 3.51. The van der Waals surface area contributed by atoms with Gasteiger partial charge < -0.3 is 9.64 Å². The van der Waals surface area contributed by atoms with Gasteiger partial charge in [0.05, 0.1) is 19.2 Å². The highest BCUT2D eigenvalue weighted by molar-refractivity contribution is 7.13. The smallest absolute Gasteiger partial charge is 0.311 e. The Morgan fingerprint density at radius 1 is 1.40 bits per heavy atom. The van der Waals surface area contributed by atoms with Gasteiger partial charge in [-0.15, -0.1) is 11.3 Å². The molecule has 1 heterocycles. The van der Waals surface area contributed by atoms with Crippen molar-refractivity contribution in [2.75, 3.05) is 18.6 Å². The summed E-state index contributed by atoms with van der Waals surface area (Å²) in [5.74, 6) is 0.350. The monoisotopic (exact) mass is 298 g/mol. The molecule has 0 atom stereocenters. The van der Waals surface area contributed by atoms with Crippen LogP contribution in [0.1, 0.15) is 46.2 Å². The second-order valence-electron chi connectivity index (χ2n) is 5.39. The maximum atomic E-state index is 11.3. The fourth-order valence-electron chi connectivity index (χ4n) is 2.24. The minimum atomic E-state index is -0.236. The summed E-state index contributed by atoms with van der Waals surface area (Å²) in [5.41, 5.74) is 0.802. The zero-order valence-electron chi connectivity index (χ0n) is 13.2. The van der Waals surface area contributed by atoms with Crippen LogP contribution in [-0.4, -0.2) is 30.6 Å². The highest BCUT2D eigenvalue weighted by Crippen LogP contribution is 2.26. The van der Waals surface area contributed by atoms with Crippen LogP contribution in [0.15, 0.2) is 5.38 Å². The van der Waals surface area contributed by atoms with Crippen LogP contribution in [0.25, 0.3) is 0 Å². The molecule has 0 aromatic carbocycles. The molecular formula is C15H26N2O2S. The third kappa shape index (κ3) is 4.78. The number of methoxy groups -OCH3 is 1. The Bertz CT molecular complexity index is 414. The number of nitrogens with zero attached hydrogens (tertiary/aromatic N) is 2. The molecule has 5 heteroatoms. The number of hydrogen-bond acceptors (Lipinski definition) is 5. The van der Waals surface area contributed by atoms with Crippen LogP contribution in [0, 0.1) is 5.92 Å². The van der Waals surface area contributed by atoms with Crippen molar-refractivity contribution in [3.05, 3.63) is 11.1 Å². The first-order valence-corrected chi connectivity index (χ1v) is 8.17. The Hall–Kier alpha value is -1.10. The zero-order chi connectivity index (χ0) is 15.1. The molecule has 0 aliphatic rings. The lowest BCUT2D eigenvalue weighted by molar-refractivity contribution is -0.139. The molecule has 0 unspecified atom stereocenters. The zero-order valence-corrected chi connectivity index (χ0v) is 14.0. The van der Waals surface area contributed by atoms with E-state index in [1.165, 1.54) is 7.11 Å². The van der Waals surface area contributed by atoms with E-state index in [1.54, 1.807) is 11.3 Å². The summed E-state index contributed by atoms with van der Waals surface area (Å²) in [6.45, 7) is 9.86. The van der Waals surface area contributed by atoms with Crippen molar-refractivity contribution in [3.8, 4) is 0 Å². The standard InChI is InChI=1S/C15H26N2O2S/c1-6-13(7-2)17(9-11(3)4)15-16-12(10-20-15)8-14(18)19-5/h10-11,13H,6-9H2,1-5H3. The first-order valence-electron chi connectivity index (χ1n) is 7.29. The molecular weight excluding hydrogens is 272 g/mol. The van der Waals surface area contributed by atoms with Crippen LogP contribution >= 0.6 is 11.3 Å². The minimum absolute atomic E-state index is 0.236. The number of hydrogen-bond donors (Lipinski definition) is 0. The maximum Gasteiger partial charge on any atom is 0.311 e. The summed E-state index contributed by atoms with van der Waals surface area (Å²) < 4.78 is 4.69. The summed E-state index contributed by atoms with van der Waals surface area (Å²) in [7, 11) is 1.41. The number of carbonyl (C=O) groups excluding carboxylic acids is 1. The number of aromatic nitrogens is 1. The van der Waals surface area contributed by atoms with Gasteiger partial charge in [0.15, 0.2) is 5.13 Å². The summed E-state index contributed by atoms with van der Waals surface area (Å²) in [5, 5.41) is 2.98. The Morgan fingerprint density at radius 2 is 2.05 bits per heavy atom. The second kappa shape index (κ2) is 8.25. The number of thiazole rings is 1. The van der Waals surface area contributed by atoms with Gasteiger partial charge in [-0.05, 0) is 18.8 Å². The molecule has 4 nitrogen and oxygen atoms in total. The van der Waals surface area contributed by atoms with Crippen molar-refractivity contribution < 1.29 is 9.53 Å². The van der Waals surface area contributed by atoms with Crippen molar-refractivity contribution in [2.24, 2.45) is 5.92 Å². The first kappa shape index (κ1) is 17.0. The van der Waals surface area contributed by atoms with Crippen molar-refractivity contribution in [2.45, 2.75) is 53.0 Å². The van der Waals surface area contributed by atoms with E-state index in [0.717, 1.165) is 30.2 Å². The summed E-state index contributed by atoms with van der Waals surface area (Å²) in [6.07, 6.45) is 2.47. The first-order chi connectivity index (χ1) is 9.51. The largest absolute Gasteiger partial charge is 0.469 e. The van der Waals surface area contributed by atoms with Crippen molar-refractivity contribution in [1.29, 1.82) is 0 Å². The third-order valence-corrected chi connectivity index (χ3v) is 4.21. The van der Waals surface area contributed by atoms with E-state index in [-0.39, 0.29) is 12.4 Å². The number of anilines is 1. The minimum Gasteiger partial charge on any atom is -0.469 e. The number of rotatable bonds is 8. The second-order valence-corrected chi connectivity index (χ2v) is 6.23. The van der Waals surface area contributed by atoms with Crippen molar-refractivity contribution in [3.63, 3.8) is 0 Å². The lowest BCUT2D eigenvalue weighted by Gasteiger charge is -2.31. The van der Waals surface area contributed by atoms with Crippen molar-refractivity contribution in [1.82, 2.24) is 4.98 Å². The summed E-state index contributed by atoms with van der Waals surface area (Å²) in [6, 6.07) is 0.509. The van der Waals surface area contributed by atoms with Gasteiger partial charge in [0.1, 0.15) is 0 Å². The van der Waals surface area contributed by atoms with Crippen LogP contribution in [0.2, 0.25) is 0 Å². The van der Waals surface area contributed by atoms with E-state index in [0.29, 0.717) is 12.0 Å². The van der Waals surface area contributed by atoms with Gasteiger partial charge in [-0.3, -0.25) is 4.79 Å². The van der Waals surface area contributed by atoms with Gasteiger partial charge in [0.2, 0.25) is 0 Å². The molecule has 0 bridgehead atoms. The quantitative estimate of drug-likeness (QED) is 0.689. The van der Waals surface area contributed by atoms with Gasteiger partial charge in [0.25, 0.3) is 0 Å². The average molecular weight is 298 g/mol. The third-order valence-electron chi connectivity index (χ3n) is 3.28. The molecule has 20 heavy (non-hydrogen) atoms. The topological polar surface area (TPSA) is 42.4 Å². The predicted molar refractivity (Wildman–Crippen MR) is 84.4 cm³/mol. The molecule has 0 aliphatic carbocycles. The maximum absolute atomic E-state index is 11.3. The van der Waals surface area contributed by atoms with E-state index in [9.17, 15) is 4.79 Å². The number of carbonyl (C=O) groups is 1. The van der Waals surface area contributed by atoms with Crippen LogP contribution in [0.4, 0.5) is 5.13 Å². The number of ether oxygens (including phenoxy) is 1. The molecule has 0 saturated carbocycles. The Labute approximate surface area is 126 Å². The summed E-state index contributed by atoms with van der Waals surface area (Å²) in [4.78, 5) is 18.3. The fourth-order valence-corrected chi connectivity index (χ4v) is 3.14. The lowest BCUT2D eigenvalue weighted by Crippen LogP contribution is -2.37. The Kier molecular flexibility index (Phi) is 6.99. The van der Waals surface area contributed by atoms with Crippen LogP contribution in [0.5, 0.6) is 0 Å². The van der Waals surface area contributed by atoms with E-state index in [1.807, 2.05) is 5.38 Å². The highest BCUT2D eigenvalue weighted by atomic mass is 32.1. The fraction of sp³-hybridized carbons (Fsp3) is 0.733. The van der Waals surface area contributed by atoms with E-state index in [4.69, 9.17) is 4.74 Å². The molecule has 1 aromatic rings. The SMILES string of the molecule is CCC(CC)N(CC(C)C)c1nc(CC(=O)OC)cs1. The van der Waals surface area contributed by atoms with Gasteiger partial charge in [0, 0.05) is 18.0 Å². The molecule has 0 aliphatic heterocycles. The Morgan fingerprint density at radius 3 is 2.55 bits per heavy atom. The van der Waals surface area contributed by atoms with E-state index >= 15 is 0 Å². The normalized spacial score (nSPS) is 11.2. The van der Waals surface area contributed by atoms with Crippen molar-refractivity contribution >= 4 is 22.4 Å².